The molecule has 0 bridgehead atoms. The molecule has 1 aromatic carbocycles. The molecule has 1 N–H and O–H groups in total. The van der Waals surface area contributed by atoms with Crippen molar-refractivity contribution in [1.82, 2.24) is 5.32 Å². The smallest absolute Gasteiger partial charge is 0.0456 e. The molecule has 1 atom stereocenters. The normalized spacial score (nSPS) is 12.9. The Morgan fingerprint density at radius 1 is 1.00 bits per heavy atom. The van der Waals surface area contributed by atoms with Crippen LogP contribution in [0.2, 0.25) is 0 Å². The van der Waals surface area contributed by atoms with Gasteiger partial charge in [0.25, 0.3) is 0 Å². The molecule has 2 aromatic heterocycles. The summed E-state index contributed by atoms with van der Waals surface area (Å²) < 4.78 is 2.83. The van der Waals surface area contributed by atoms with E-state index < -0.39 is 0 Å². The topological polar surface area (TPSA) is 12.0 Å². The molecule has 0 saturated carbocycles. The maximum Gasteiger partial charge on any atom is 0.0456 e. The summed E-state index contributed by atoms with van der Waals surface area (Å²) in [5.74, 6) is 0. The van der Waals surface area contributed by atoms with Crippen molar-refractivity contribution in [3.8, 4) is 0 Å². The highest BCUT2D eigenvalue weighted by atomic mass is 32.1. The SMILES string of the molecule is CCNC(Cc1ccc(CC)cc1)c1cc2sccc2s1. The first-order valence-electron chi connectivity index (χ1n) is 7.58. The Bertz CT molecular complexity index is 665. The lowest BCUT2D eigenvalue weighted by Gasteiger charge is -2.16. The minimum Gasteiger partial charge on any atom is -0.309 e. The molecule has 0 amide bonds. The van der Waals surface area contributed by atoms with E-state index in [1.807, 2.05) is 22.7 Å². The van der Waals surface area contributed by atoms with E-state index in [0.717, 1.165) is 19.4 Å². The van der Waals surface area contributed by atoms with E-state index in [-0.39, 0.29) is 0 Å². The number of benzene rings is 1. The van der Waals surface area contributed by atoms with Crippen molar-refractivity contribution >= 4 is 32.1 Å². The number of hydrogen-bond donors (Lipinski definition) is 1. The molecule has 1 unspecified atom stereocenters. The van der Waals surface area contributed by atoms with Crippen molar-refractivity contribution in [1.29, 1.82) is 0 Å². The van der Waals surface area contributed by atoms with E-state index in [4.69, 9.17) is 0 Å². The van der Waals surface area contributed by atoms with Crippen LogP contribution in [0, 0.1) is 0 Å². The Morgan fingerprint density at radius 3 is 2.43 bits per heavy atom. The molecular formula is C18H21NS2. The predicted octanol–water partition coefficient (Wildman–Crippen LogP) is 5.42. The Morgan fingerprint density at radius 2 is 1.76 bits per heavy atom. The number of thiophene rings is 2. The Balaban J connectivity index is 1.81. The third kappa shape index (κ3) is 3.37. The molecule has 3 heteroatoms. The van der Waals surface area contributed by atoms with E-state index in [9.17, 15) is 0 Å². The van der Waals surface area contributed by atoms with Crippen LogP contribution in [0.3, 0.4) is 0 Å². The maximum atomic E-state index is 3.64. The number of hydrogen-bond acceptors (Lipinski definition) is 3. The fraction of sp³-hybridized carbons (Fsp3) is 0.333. The lowest BCUT2D eigenvalue weighted by Crippen LogP contribution is -2.22. The third-order valence-electron chi connectivity index (χ3n) is 3.82. The van der Waals surface area contributed by atoms with E-state index in [2.05, 4.69) is 60.9 Å². The third-order valence-corrected chi connectivity index (χ3v) is 6.03. The summed E-state index contributed by atoms with van der Waals surface area (Å²) in [4.78, 5) is 1.46. The van der Waals surface area contributed by atoms with Gasteiger partial charge in [-0.3, -0.25) is 0 Å². The molecule has 0 fully saturated rings. The van der Waals surface area contributed by atoms with Crippen LogP contribution in [0.1, 0.15) is 35.9 Å². The predicted molar refractivity (Wildman–Crippen MR) is 95.6 cm³/mol. The van der Waals surface area contributed by atoms with Gasteiger partial charge in [0.2, 0.25) is 0 Å². The number of likely N-dealkylation sites (N-methyl/N-ethyl adjacent to an activating group) is 1. The first-order valence-corrected chi connectivity index (χ1v) is 9.28. The van der Waals surface area contributed by atoms with Gasteiger partial charge in [-0.15, -0.1) is 22.7 Å². The largest absolute Gasteiger partial charge is 0.309 e. The first-order chi connectivity index (χ1) is 10.3. The van der Waals surface area contributed by atoms with Crippen LogP contribution in [0.25, 0.3) is 9.40 Å². The van der Waals surface area contributed by atoms with Crippen LogP contribution in [-0.2, 0) is 12.8 Å². The van der Waals surface area contributed by atoms with Gasteiger partial charge >= 0.3 is 0 Å². The molecule has 1 nitrogen and oxygen atoms in total. The fourth-order valence-corrected chi connectivity index (χ4v) is 4.82. The molecule has 0 saturated heterocycles. The number of rotatable bonds is 6. The van der Waals surface area contributed by atoms with E-state index >= 15 is 0 Å². The zero-order valence-corrected chi connectivity index (χ0v) is 14.2. The molecule has 21 heavy (non-hydrogen) atoms. The number of nitrogens with one attached hydrogen (secondary N) is 1. The molecule has 0 aliphatic carbocycles. The van der Waals surface area contributed by atoms with Gasteiger partial charge in [0.05, 0.1) is 0 Å². The standard InChI is InChI=1S/C18H21NS2/c1-3-13-5-7-14(8-6-13)11-15(19-4-2)17-12-18-16(21-17)9-10-20-18/h5-10,12,15,19H,3-4,11H2,1-2H3. The van der Waals surface area contributed by atoms with Crippen LogP contribution in [-0.4, -0.2) is 6.54 Å². The quantitative estimate of drug-likeness (QED) is 0.640. The number of fused-ring (bicyclic) bond motifs is 1. The van der Waals surface area contributed by atoms with Gasteiger partial charge in [0.15, 0.2) is 0 Å². The Hall–Kier alpha value is -1.16. The van der Waals surface area contributed by atoms with Crippen LogP contribution >= 0.6 is 22.7 Å². The van der Waals surface area contributed by atoms with Crippen molar-refractivity contribution in [2.24, 2.45) is 0 Å². The van der Waals surface area contributed by atoms with Gasteiger partial charge in [-0.1, -0.05) is 38.1 Å². The van der Waals surface area contributed by atoms with Crippen molar-refractivity contribution in [3.05, 3.63) is 57.8 Å². The lowest BCUT2D eigenvalue weighted by atomic mass is 10.0. The molecule has 2 heterocycles. The van der Waals surface area contributed by atoms with Crippen LogP contribution < -0.4 is 5.32 Å². The van der Waals surface area contributed by atoms with Gasteiger partial charge in [0.1, 0.15) is 0 Å². The zero-order chi connectivity index (χ0) is 14.7. The molecule has 0 spiro atoms. The van der Waals surface area contributed by atoms with Gasteiger partial charge in [-0.05, 0) is 48.0 Å². The molecule has 3 rings (SSSR count). The second-order valence-electron chi connectivity index (χ2n) is 5.28. The Labute approximate surface area is 134 Å². The average Bonchev–Trinajstić information content (AvgIpc) is 3.09. The van der Waals surface area contributed by atoms with Crippen molar-refractivity contribution in [2.75, 3.05) is 6.54 Å². The summed E-state index contributed by atoms with van der Waals surface area (Å²) in [6.07, 6.45) is 2.17. The summed E-state index contributed by atoms with van der Waals surface area (Å²) in [5.41, 5.74) is 2.82. The van der Waals surface area contributed by atoms with Crippen molar-refractivity contribution in [2.45, 2.75) is 32.7 Å². The average molecular weight is 316 g/mol. The lowest BCUT2D eigenvalue weighted by molar-refractivity contribution is 0.558. The minimum atomic E-state index is 0.423. The van der Waals surface area contributed by atoms with Gasteiger partial charge < -0.3 is 5.32 Å². The minimum absolute atomic E-state index is 0.423. The highest BCUT2D eigenvalue weighted by molar-refractivity contribution is 7.26. The molecular weight excluding hydrogens is 294 g/mol. The van der Waals surface area contributed by atoms with Gasteiger partial charge in [-0.2, -0.15) is 0 Å². The molecule has 0 radical (unpaired) electrons. The summed E-state index contributed by atoms with van der Waals surface area (Å²) in [5, 5.41) is 5.82. The number of aryl methyl sites for hydroxylation is 1. The summed E-state index contributed by atoms with van der Waals surface area (Å²) >= 11 is 3.76. The Kier molecular flexibility index (Phi) is 4.73. The maximum absolute atomic E-state index is 3.64. The molecule has 0 aliphatic heterocycles. The van der Waals surface area contributed by atoms with Crippen LogP contribution in [0.15, 0.2) is 41.8 Å². The van der Waals surface area contributed by atoms with E-state index in [1.165, 1.54) is 25.4 Å². The van der Waals surface area contributed by atoms with Crippen LogP contribution in [0.5, 0.6) is 0 Å². The highest BCUT2D eigenvalue weighted by Crippen LogP contribution is 2.34. The monoisotopic (exact) mass is 315 g/mol. The fourth-order valence-electron chi connectivity index (χ4n) is 2.62. The zero-order valence-electron chi connectivity index (χ0n) is 12.6. The van der Waals surface area contributed by atoms with Crippen LogP contribution in [0.4, 0.5) is 0 Å². The molecule has 0 aliphatic rings. The van der Waals surface area contributed by atoms with E-state index in [1.54, 1.807) is 0 Å². The van der Waals surface area contributed by atoms with Gasteiger partial charge in [0, 0.05) is 20.3 Å². The summed E-state index contributed by atoms with van der Waals surface area (Å²) in [7, 11) is 0. The summed E-state index contributed by atoms with van der Waals surface area (Å²) in [6.45, 7) is 5.39. The van der Waals surface area contributed by atoms with Crippen molar-refractivity contribution in [3.63, 3.8) is 0 Å². The molecule has 110 valence electrons. The first kappa shape index (κ1) is 14.8. The van der Waals surface area contributed by atoms with Gasteiger partial charge in [-0.25, -0.2) is 0 Å². The second kappa shape index (κ2) is 6.73. The summed E-state index contributed by atoms with van der Waals surface area (Å²) in [6, 6.07) is 14.1. The van der Waals surface area contributed by atoms with Crippen molar-refractivity contribution < 1.29 is 0 Å². The van der Waals surface area contributed by atoms with E-state index in [0.29, 0.717) is 6.04 Å². The second-order valence-corrected chi connectivity index (χ2v) is 7.35. The molecule has 3 aromatic rings. The highest BCUT2D eigenvalue weighted by Gasteiger charge is 2.15.